The first-order valence-corrected chi connectivity index (χ1v) is 14.7. The third kappa shape index (κ3) is 3.82. The Morgan fingerprint density at radius 1 is 0.778 bits per heavy atom. The highest BCUT2D eigenvalue weighted by atomic mass is 16.1. The molecule has 5 atom stereocenters. The lowest BCUT2D eigenvalue weighted by molar-refractivity contribution is -0.109. The van der Waals surface area contributed by atoms with Crippen molar-refractivity contribution in [3.05, 3.63) is 34.6 Å². The molecule has 5 unspecified atom stereocenters. The second kappa shape index (κ2) is 9.27. The van der Waals surface area contributed by atoms with Crippen LogP contribution in [0.2, 0.25) is 0 Å². The largest absolute Gasteiger partial charge is 0.342 e. The summed E-state index contributed by atoms with van der Waals surface area (Å²) in [6.45, 7) is 0.734. The quantitative estimate of drug-likeness (QED) is 0.561. The van der Waals surface area contributed by atoms with Crippen LogP contribution in [0.15, 0.2) is 29.1 Å². The van der Waals surface area contributed by atoms with Gasteiger partial charge in [0.1, 0.15) is 6.29 Å². The number of benzene rings is 1. The minimum atomic E-state index is -0.212. The zero-order valence-electron chi connectivity index (χ0n) is 21.4. The minimum absolute atomic E-state index is 0.000425. The van der Waals surface area contributed by atoms with Crippen LogP contribution in [-0.2, 0) is 4.79 Å². The molecule has 0 spiro atoms. The third-order valence-corrected chi connectivity index (χ3v) is 10.4. The predicted molar refractivity (Wildman–Crippen MR) is 142 cm³/mol. The molecule has 4 bridgehead atoms. The normalized spacial score (nSPS) is 36.8. The molecule has 5 aliphatic rings. The van der Waals surface area contributed by atoms with Gasteiger partial charge in [0.25, 0.3) is 5.56 Å². The van der Waals surface area contributed by atoms with Crippen LogP contribution >= 0.6 is 0 Å². The Hall–Kier alpha value is -2.21. The molecule has 3 saturated heterocycles. The van der Waals surface area contributed by atoms with Gasteiger partial charge in [-0.1, -0.05) is 44.2 Å². The van der Waals surface area contributed by atoms with Crippen LogP contribution in [0.1, 0.15) is 89.5 Å². The van der Waals surface area contributed by atoms with Gasteiger partial charge in [-0.15, -0.1) is 0 Å². The summed E-state index contributed by atoms with van der Waals surface area (Å²) in [6.07, 6.45) is 17.8. The summed E-state index contributed by atoms with van der Waals surface area (Å²) >= 11 is 0. The number of nitrogens with zero attached hydrogens (tertiary/aromatic N) is 4. The average molecular weight is 489 g/mol. The predicted octanol–water partition coefficient (Wildman–Crippen LogP) is 5.09. The summed E-state index contributed by atoms with van der Waals surface area (Å²) in [5.41, 5.74) is 1.82. The van der Waals surface area contributed by atoms with Crippen LogP contribution in [0.25, 0.3) is 11.0 Å². The smallest absolute Gasteiger partial charge is 0.294 e. The molecular weight excluding hydrogens is 448 g/mol. The molecule has 2 saturated carbocycles. The van der Waals surface area contributed by atoms with Crippen LogP contribution in [0.4, 0.5) is 5.82 Å². The summed E-state index contributed by atoms with van der Waals surface area (Å²) in [6, 6.07) is 10.0. The van der Waals surface area contributed by atoms with E-state index in [1.165, 1.54) is 64.2 Å². The molecule has 192 valence electrons. The fourth-order valence-electron chi connectivity index (χ4n) is 8.81. The van der Waals surface area contributed by atoms with Gasteiger partial charge >= 0.3 is 0 Å². The molecular formula is C30H40N4O2. The first-order chi connectivity index (χ1) is 17.7. The number of para-hydroxylation sites is 2. The molecule has 0 radical (unpaired) electrons. The highest BCUT2D eigenvalue weighted by Crippen LogP contribution is 2.47. The number of carbonyl (C=O) groups excluding carboxylic acids is 1. The number of piperidine rings is 2. The molecule has 7 rings (SSSR count). The van der Waals surface area contributed by atoms with Gasteiger partial charge in [-0.2, -0.15) is 0 Å². The molecule has 6 nitrogen and oxygen atoms in total. The van der Waals surface area contributed by atoms with E-state index in [2.05, 4.69) is 15.5 Å². The highest BCUT2D eigenvalue weighted by Gasteiger charge is 2.45. The fraction of sp³-hybridized carbons (Fsp3) is 0.700. The van der Waals surface area contributed by atoms with Crippen LogP contribution in [0, 0.1) is 11.8 Å². The van der Waals surface area contributed by atoms with Crippen molar-refractivity contribution in [3.8, 4) is 0 Å². The molecule has 5 fully saturated rings. The molecule has 4 heterocycles. The van der Waals surface area contributed by atoms with E-state index in [0.29, 0.717) is 17.9 Å². The summed E-state index contributed by atoms with van der Waals surface area (Å²) in [5.74, 6) is 2.35. The van der Waals surface area contributed by atoms with E-state index in [0.717, 1.165) is 61.0 Å². The zero-order chi connectivity index (χ0) is 24.2. The van der Waals surface area contributed by atoms with Gasteiger partial charge in [0.2, 0.25) is 0 Å². The number of aldehydes is 1. The van der Waals surface area contributed by atoms with Crippen molar-refractivity contribution < 1.29 is 4.79 Å². The Kier molecular flexibility index (Phi) is 5.91. The van der Waals surface area contributed by atoms with E-state index >= 15 is 0 Å². The maximum atomic E-state index is 14.0. The van der Waals surface area contributed by atoms with Gasteiger partial charge in [-0.05, 0) is 75.3 Å². The summed E-state index contributed by atoms with van der Waals surface area (Å²) in [4.78, 5) is 35.2. The van der Waals surface area contributed by atoms with Crippen molar-refractivity contribution in [1.29, 1.82) is 0 Å². The molecule has 1 aromatic heterocycles. The molecule has 0 amide bonds. The summed E-state index contributed by atoms with van der Waals surface area (Å²) in [5, 5.41) is 0. The van der Waals surface area contributed by atoms with E-state index in [-0.39, 0.29) is 17.6 Å². The highest BCUT2D eigenvalue weighted by molar-refractivity contribution is 5.78. The van der Waals surface area contributed by atoms with Crippen molar-refractivity contribution in [1.82, 2.24) is 14.5 Å². The molecule has 36 heavy (non-hydrogen) atoms. The minimum Gasteiger partial charge on any atom is -0.342 e. The van der Waals surface area contributed by atoms with Crippen LogP contribution in [0.3, 0.4) is 0 Å². The van der Waals surface area contributed by atoms with E-state index < -0.39 is 0 Å². The lowest BCUT2D eigenvalue weighted by Gasteiger charge is -2.54. The van der Waals surface area contributed by atoms with Gasteiger partial charge in [0.15, 0.2) is 5.82 Å². The number of fused-ring (bicyclic) bond motifs is 5. The zero-order valence-corrected chi connectivity index (χ0v) is 21.4. The van der Waals surface area contributed by atoms with Gasteiger partial charge < -0.3 is 14.3 Å². The first kappa shape index (κ1) is 22.9. The number of rotatable bonds is 4. The van der Waals surface area contributed by atoms with Gasteiger partial charge in [-0.3, -0.25) is 9.69 Å². The Balaban J connectivity index is 1.22. The van der Waals surface area contributed by atoms with Crippen LogP contribution in [0.5, 0.6) is 0 Å². The first-order valence-electron chi connectivity index (χ1n) is 14.7. The number of carbonyl (C=O) groups is 1. The van der Waals surface area contributed by atoms with Crippen LogP contribution < -0.4 is 10.5 Å². The van der Waals surface area contributed by atoms with Crippen LogP contribution in [-0.4, -0.2) is 51.4 Å². The van der Waals surface area contributed by atoms with Crippen molar-refractivity contribution >= 4 is 23.1 Å². The SMILES string of the molecule is O=CC1CCN1c1nc2ccccc2n(C2CC3CCCC(C2)N3C2CC3CCCCC(C3)C2)c1=O. The Morgan fingerprint density at radius 2 is 1.50 bits per heavy atom. The summed E-state index contributed by atoms with van der Waals surface area (Å²) < 4.78 is 2.08. The maximum Gasteiger partial charge on any atom is 0.294 e. The van der Waals surface area contributed by atoms with Crippen molar-refractivity contribution in [3.63, 3.8) is 0 Å². The third-order valence-electron chi connectivity index (χ3n) is 10.4. The van der Waals surface area contributed by atoms with E-state index in [1.54, 1.807) is 0 Å². The standard InChI is InChI=1S/C30H40N4O2/c35-19-24-12-13-32(24)29-30(36)34(28-11-4-3-10-27(28)31-29)26-17-22-8-5-9-23(18-26)33(22)25-15-20-6-1-2-7-21(14-20)16-25/h3-4,10-11,19-26H,1-2,5-9,12-18H2. The molecule has 6 heteroatoms. The molecule has 2 aliphatic carbocycles. The second-order valence-corrected chi connectivity index (χ2v) is 12.5. The van der Waals surface area contributed by atoms with Crippen molar-refractivity contribution in [2.24, 2.45) is 11.8 Å². The topological polar surface area (TPSA) is 58.4 Å². The number of anilines is 1. The van der Waals surface area contributed by atoms with Gasteiger partial charge in [-0.25, -0.2) is 4.98 Å². The van der Waals surface area contributed by atoms with E-state index in [9.17, 15) is 9.59 Å². The Bertz CT molecular complexity index is 1170. The van der Waals surface area contributed by atoms with Gasteiger partial charge in [0, 0.05) is 30.7 Å². The Labute approximate surface area is 214 Å². The van der Waals surface area contributed by atoms with E-state index in [4.69, 9.17) is 4.98 Å². The molecule has 2 aromatic rings. The van der Waals surface area contributed by atoms with Crippen molar-refractivity contribution in [2.45, 2.75) is 114 Å². The maximum absolute atomic E-state index is 14.0. The fourth-order valence-corrected chi connectivity index (χ4v) is 8.81. The number of aromatic nitrogens is 2. The number of hydrogen-bond donors (Lipinski definition) is 0. The second-order valence-electron chi connectivity index (χ2n) is 12.5. The van der Waals surface area contributed by atoms with Gasteiger partial charge in [0.05, 0.1) is 17.1 Å². The molecule has 0 N–H and O–H groups in total. The monoisotopic (exact) mass is 488 g/mol. The number of hydrogen-bond acceptors (Lipinski definition) is 5. The summed E-state index contributed by atoms with van der Waals surface area (Å²) in [7, 11) is 0. The van der Waals surface area contributed by atoms with E-state index in [1.807, 2.05) is 23.1 Å². The lowest BCUT2D eigenvalue weighted by Crippen LogP contribution is -2.58. The molecule has 3 aliphatic heterocycles. The lowest BCUT2D eigenvalue weighted by atomic mass is 9.73. The molecule has 1 aromatic carbocycles. The van der Waals surface area contributed by atoms with Crippen molar-refractivity contribution in [2.75, 3.05) is 11.4 Å². The Morgan fingerprint density at radius 3 is 2.17 bits per heavy atom. The average Bonchev–Trinajstić information content (AvgIpc) is 3.02.